The first-order valence-electron chi connectivity index (χ1n) is 3.18. The minimum Gasteiger partial charge on any atom is -0.411 e. The molecule has 1 aromatic rings. The van der Waals surface area contributed by atoms with Crippen LogP contribution in [0.25, 0.3) is 0 Å². The Labute approximate surface area is 79.1 Å². The molecule has 1 rings (SSSR count). The highest BCUT2D eigenvalue weighted by Gasteiger charge is 1.96. The summed E-state index contributed by atoms with van der Waals surface area (Å²) in [6.07, 6.45) is 0. The second-order valence-electron chi connectivity index (χ2n) is 2.20. The van der Waals surface area contributed by atoms with Crippen LogP contribution in [0.3, 0.4) is 0 Å². The summed E-state index contributed by atoms with van der Waals surface area (Å²) in [7, 11) is 0. The van der Waals surface area contributed by atoms with Gasteiger partial charge in [0.05, 0.1) is 5.71 Å². The molecular formula is C8H8INO. The van der Waals surface area contributed by atoms with Gasteiger partial charge in [0.1, 0.15) is 0 Å². The number of nitrogens with zero attached hydrogens (tertiary/aromatic N) is 1. The first-order valence-corrected chi connectivity index (χ1v) is 4.26. The molecule has 0 aliphatic heterocycles. The number of rotatable bonds is 1. The fourth-order valence-electron chi connectivity index (χ4n) is 0.771. The van der Waals surface area contributed by atoms with Crippen molar-refractivity contribution in [3.8, 4) is 0 Å². The van der Waals surface area contributed by atoms with Crippen molar-refractivity contribution >= 4 is 28.3 Å². The van der Waals surface area contributed by atoms with Gasteiger partial charge in [-0.3, -0.25) is 0 Å². The fraction of sp³-hybridized carbons (Fsp3) is 0.125. The molecule has 0 saturated heterocycles. The Morgan fingerprint density at radius 3 is 2.82 bits per heavy atom. The van der Waals surface area contributed by atoms with Gasteiger partial charge in [-0.05, 0) is 41.6 Å². The summed E-state index contributed by atoms with van der Waals surface area (Å²) in [4.78, 5) is 0. The van der Waals surface area contributed by atoms with Crippen molar-refractivity contribution in [2.24, 2.45) is 5.16 Å². The number of benzene rings is 1. The molecule has 0 spiro atoms. The van der Waals surface area contributed by atoms with E-state index in [9.17, 15) is 0 Å². The molecule has 0 saturated carbocycles. The molecule has 0 atom stereocenters. The number of hydrogen-bond acceptors (Lipinski definition) is 2. The van der Waals surface area contributed by atoms with E-state index in [1.54, 1.807) is 6.92 Å². The van der Waals surface area contributed by atoms with Crippen molar-refractivity contribution in [1.29, 1.82) is 0 Å². The Morgan fingerprint density at radius 2 is 2.27 bits per heavy atom. The number of halogens is 1. The van der Waals surface area contributed by atoms with Crippen LogP contribution in [0.1, 0.15) is 12.5 Å². The molecule has 1 N–H and O–H groups in total. The lowest BCUT2D eigenvalue weighted by Crippen LogP contribution is -1.93. The monoisotopic (exact) mass is 261 g/mol. The highest BCUT2D eigenvalue weighted by Crippen LogP contribution is 2.08. The van der Waals surface area contributed by atoms with Crippen LogP contribution >= 0.6 is 22.6 Å². The van der Waals surface area contributed by atoms with Gasteiger partial charge in [-0.15, -0.1) is 0 Å². The molecule has 0 fully saturated rings. The maximum atomic E-state index is 8.46. The van der Waals surface area contributed by atoms with Crippen LogP contribution in [0.5, 0.6) is 0 Å². The zero-order valence-corrected chi connectivity index (χ0v) is 8.24. The third kappa shape index (κ3) is 2.18. The van der Waals surface area contributed by atoms with Crippen LogP contribution in [-0.4, -0.2) is 10.9 Å². The number of oxime groups is 1. The maximum absolute atomic E-state index is 8.46. The van der Waals surface area contributed by atoms with Gasteiger partial charge in [0.2, 0.25) is 0 Å². The first kappa shape index (κ1) is 8.52. The van der Waals surface area contributed by atoms with Crippen LogP contribution < -0.4 is 0 Å². The van der Waals surface area contributed by atoms with Gasteiger partial charge < -0.3 is 5.21 Å². The van der Waals surface area contributed by atoms with E-state index in [4.69, 9.17) is 5.21 Å². The highest BCUT2D eigenvalue weighted by molar-refractivity contribution is 14.1. The van der Waals surface area contributed by atoms with Crippen molar-refractivity contribution in [3.63, 3.8) is 0 Å². The Kier molecular flexibility index (Phi) is 2.87. The fourth-order valence-corrected chi connectivity index (χ4v) is 1.31. The highest BCUT2D eigenvalue weighted by atomic mass is 127. The number of hydrogen-bond donors (Lipinski definition) is 1. The molecule has 0 amide bonds. The SMILES string of the molecule is CC(=NO)c1cccc(I)c1. The van der Waals surface area contributed by atoms with Crippen molar-refractivity contribution in [2.45, 2.75) is 6.92 Å². The third-order valence-electron chi connectivity index (χ3n) is 1.39. The molecule has 2 nitrogen and oxygen atoms in total. The summed E-state index contributed by atoms with van der Waals surface area (Å²) in [5, 5.41) is 11.6. The molecule has 0 bridgehead atoms. The molecule has 0 aliphatic carbocycles. The molecular weight excluding hydrogens is 253 g/mol. The standard InChI is InChI=1S/C8H8INO/c1-6(10-11)7-3-2-4-8(9)5-7/h2-5,11H,1H3. The molecule has 58 valence electrons. The van der Waals surface area contributed by atoms with E-state index >= 15 is 0 Å². The van der Waals surface area contributed by atoms with Gasteiger partial charge in [0.15, 0.2) is 0 Å². The van der Waals surface area contributed by atoms with E-state index in [0.29, 0.717) is 5.71 Å². The molecule has 3 heteroatoms. The zero-order valence-electron chi connectivity index (χ0n) is 6.08. The normalized spacial score (nSPS) is 11.6. The predicted molar refractivity (Wildman–Crippen MR) is 53.2 cm³/mol. The molecule has 0 aliphatic rings. The topological polar surface area (TPSA) is 32.6 Å². The van der Waals surface area contributed by atoms with Gasteiger partial charge in [0.25, 0.3) is 0 Å². The molecule has 11 heavy (non-hydrogen) atoms. The van der Waals surface area contributed by atoms with Crippen LogP contribution in [-0.2, 0) is 0 Å². The van der Waals surface area contributed by atoms with Crippen LogP contribution in [0.15, 0.2) is 29.4 Å². The zero-order chi connectivity index (χ0) is 8.27. The lowest BCUT2D eigenvalue weighted by atomic mass is 10.1. The summed E-state index contributed by atoms with van der Waals surface area (Å²) in [5.41, 5.74) is 1.60. The third-order valence-corrected chi connectivity index (χ3v) is 2.06. The van der Waals surface area contributed by atoms with E-state index in [1.807, 2.05) is 24.3 Å². The van der Waals surface area contributed by atoms with Crippen molar-refractivity contribution in [1.82, 2.24) is 0 Å². The summed E-state index contributed by atoms with van der Waals surface area (Å²) in [6.45, 7) is 1.77. The summed E-state index contributed by atoms with van der Waals surface area (Å²) in [6, 6.07) is 7.81. The Hall–Kier alpha value is -0.580. The molecule has 0 unspecified atom stereocenters. The van der Waals surface area contributed by atoms with Crippen LogP contribution in [0, 0.1) is 3.57 Å². The summed E-state index contributed by atoms with van der Waals surface area (Å²) < 4.78 is 1.14. The maximum Gasteiger partial charge on any atom is 0.0837 e. The van der Waals surface area contributed by atoms with Crippen molar-refractivity contribution in [3.05, 3.63) is 33.4 Å². The summed E-state index contributed by atoms with van der Waals surface area (Å²) in [5.74, 6) is 0. The molecule has 0 heterocycles. The van der Waals surface area contributed by atoms with E-state index in [-0.39, 0.29) is 0 Å². The smallest absolute Gasteiger partial charge is 0.0837 e. The molecule has 1 aromatic carbocycles. The minimum atomic E-state index is 0.642. The van der Waals surface area contributed by atoms with Crippen molar-refractivity contribution < 1.29 is 5.21 Å². The van der Waals surface area contributed by atoms with E-state index < -0.39 is 0 Å². The van der Waals surface area contributed by atoms with Crippen molar-refractivity contribution in [2.75, 3.05) is 0 Å². The lowest BCUT2D eigenvalue weighted by Gasteiger charge is -1.97. The second-order valence-corrected chi connectivity index (χ2v) is 3.44. The lowest BCUT2D eigenvalue weighted by molar-refractivity contribution is 0.319. The predicted octanol–water partition coefficient (Wildman–Crippen LogP) is 2.49. The van der Waals surface area contributed by atoms with Crippen LogP contribution in [0.2, 0.25) is 0 Å². The van der Waals surface area contributed by atoms with E-state index in [0.717, 1.165) is 9.13 Å². The van der Waals surface area contributed by atoms with Gasteiger partial charge >= 0.3 is 0 Å². The second kappa shape index (κ2) is 3.71. The van der Waals surface area contributed by atoms with E-state index in [1.165, 1.54) is 0 Å². The molecule has 0 radical (unpaired) electrons. The van der Waals surface area contributed by atoms with Crippen LogP contribution in [0.4, 0.5) is 0 Å². The largest absolute Gasteiger partial charge is 0.411 e. The average Bonchev–Trinajstić information content (AvgIpc) is 2.03. The van der Waals surface area contributed by atoms with E-state index in [2.05, 4.69) is 27.7 Å². The quantitative estimate of drug-likeness (QED) is 0.358. The van der Waals surface area contributed by atoms with Gasteiger partial charge in [-0.25, -0.2) is 0 Å². The molecule has 0 aromatic heterocycles. The Balaban J connectivity index is 3.06. The first-order chi connectivity index (χ1) is 5.24. The van der Waals surface area contributed by atoms with Gasteiger partial charge in [-0.2, -0.15) is 0 Å². The Bertz CT molecular complexity index is 283. The summed E-state index contributed by atoms with van der Waals surface area (Å²) >= 11 is 2.22. The van der Waals surface area contributed by atoms with Gasteiger partial charge in [0, 0.05) is 9.13 Å². The Morgan fingerprint density at radius 1 is 1.55 bits per heavy atom. The minimum absolute atomic E-state index is 0.642. The average molecular weight is 261 g/mol. The van der Waals surface area contributed by atoms with Gasteiger partial charge in [-0.1, -0.05) is 17.3 Å².